The monoisotopic (exact) mass is 228 g/mol. The van der Waals surface area contributed by atoms with Crippen molar-refractivity contribution in [3.63, 3.8) is 0 Å². The van der Waals surface area contributed by atoms with Crippen LogP contribution in [0.3, 0.4) is 0 Å². The zero-order valence-corrected chi connectivity index (χ0v) is 9.70. The zero-order chi connectivity index (χ0) is 10.3. The smallest absolute Gasteiger partial charge is 0.264 e. The predicted molar refractivity (Wildman–Crippen MR) is 54.6 cm³/mol. The van der Waals surface area contributed by atoms with Gasteiger partial charge in [-0.25, -0.2) is 0 Å². The molecule has 0 aromatic heterocycles. The molecule has 0 aromatic carbocycles. The molecule has 1 atom stereocenters. The molecular formula is C8H17ClO3S. The highest BCUT2D eigenvalue weighted by Crippen LogP contribution is 2.10. The number of hydrogen-bond donors (Lipinski definition) is 0. The lowest BCUT2D eigenvalue weighted by Gasteiger charge is -2.12. The van der Waals surface area contributed by atoms with Gasteiger partial charge >= 0.3 is 0 Å². The lowest BCUT2D eigenvalue weighted by atomic mass is 10.1. The third-order valence-corrected chi connectivity index (χ3v) is 2.58. The minimum Gasteiger partial charge on any atom is -0.266 e. The van der Waals surface area contributed by atoms with E-state index in [1.54, 1.807) is 0 Å². The van der Waals surface area contributed by atoms with E-state index >= 15 is 0 Å². The van der Waals surface area contributed by atoms with Gasteiger partial charge in [0, 0.05) is 0 Å². The van der Waals surface area contributed by atoms with Gasteiger partial charge in [-0.15, -0.1) is 11.6 Å². The first-order valence-corrected chi connectivity index (χ1v) is 6.79. The maximum absolute atomic E-state index is 10.8. The topological polar surface area (TPSA) is 43.4 Å². The summed E-state index contributed by atoms with van der Waals surface area (Å²) < 4.78 is 26.3. The van der Waals surface area contributed by atoms with Crippen molar-refractivity contribution in [1.29, 1.82) is 0 Å². The van der Waals surface area contributed by atoms with E-state index in [1.165, 1.54) is 0 Å². The lowest BCUT2D eigenvalue weighted by Crippen LogP contribution is -2.19. The van der Waals surface area contributed by atoms with Crippen molar-refractivity contribution in [2.45, 2.75) is 38.7 Å². The summed E-state index contributed by atoms with van der Waals surface area (Å²) >= 11 is 5.56. The molecule has 0 aliphatic heterocycles. The highest BCUT2D eigenvalue weighted by Gasteiger charge is 2.13. The summed E-state index contributed by atoms with van der Waals surface area (Å²) in [5, 5.41) is 0. The molecule has 80 valence electrons. The van der Waals surface area contributed by atoms with Crippen molar-refractivity contribution in [1.82, 2.24) is 0 Å². The van der Waals surface area contributed by atoms with Crippen LogP contribution in [0.1, 0.15) is 32.6 Å². The van der Waals surface area contributed by atoms with Gasteiger partial charge in [0.25, 0.3) is 10.1 Å². The van der Waals surface area contributed by atoms with Crippen molar-refractivity contribution in [3.8, 4) is 0 Å². The quantitative estimate of drug-likeness (QED) is 0.381. The van der Waals surface area contributed by atoms with E-state index in [1.807, 2.05) is 0 Å². The van der Waals surface area contributed by atoms with Crippen molar-refractivity contribution in [3.05, 3.63) is 0 Å². The van der Waals surface area contributed by atoms with Gasteiger partial charge in [0.05, 0.1) is 18.2 Å². The van der Waals surface area contributed by atoms with E-state index in [4.69, 9.17) is 15.8 Å². The summed E-state index contributed by atoms with van der Waals surface area (Å²) in [5.74, 6) is 0.233. The van der Waals surface area contributed by atoms with Crippen LogP contribution < -0.4 is 0 Å². The molecule has 5 heteroatoms. The van der Waals surface area contributed by atoms with Gasteiger partial charge in [-0.3, -0.25) is 4.18 Å². The molecule has 0 spiro atoms. The third kappa shape index (κ3) is 8.53. The fourth-order valence-corrected chi connectivity index (χ4v) is 1.97. The van der Waals surface area contributed by atoms with E-state index in [9.17, 15) is 8.42 Å². The van der Waals surface area contributed by atoms with Gasteiger partial charge < -0.3 is 0 Å². The SMILES string of the molecule is CCCCCC(CCl)OS(C)(=O)=O. The van der Waals surface area contributed by atoms with Crippen LogP contribution >= 0.6 is 11.6 Å². The Morgan fingerprint density at radius 3 is 2.38 bits per heavy atom. The fraction of sp³-hybridized carbons (Fsp3) is 1.00. The second-order valence-corrected chi connectivity index (χ2v) is 4.98. The van der Waals surface area contributed by atoms with Gasteiger partial charge in [-0.1, -0.05) is 26.2 Å². The number of halogens is 1. The Morgan fingerprint density at radius 2 is 2.00 bits per heavy atom. The number of alkyl halides is 1. The van der Waals surface area contributed by atoms with Crippen molar-refractivity contribution in [2.75, 3.05) is 12.1 Å². The molecule has 0 N–H and O–H groups in total. The Kier molecular flexibility index (Phi) is 6.73. The minimum absolute atomic E-state index is 0.233. The van der Waals surface area contributed by atoms with E-state index in [0.29, 0.717) is 6.42 Å². The fourth-order valence-electron chi connectivity index (χ4n) is 1.02. The zero-order valence-electron chi connectivity index (χ0n) is 8.12. The third-order valence-electron chi connectivity index (χ3n) is 1.61. The normalized spacial score (nSPS) is 14.4. The van der Waals surface area contributed by atoms with Crippen LogP contribution in [0.25, 0.3) is 0 Å². The number of rotatable bonds is 7. The van der Waals surface area contributed by atoms with Gasteiger partial charge in [0.15, 0.2) is 0 Å². The van der Waals surface area contributed by atoms with Crippen LogP contribution in [0.5, 0.6) is 0 Å². The molecule has 0 bridgehead atoms. The van der Waals surface area contributed by atoms with E-state index in [-0.39, 0.29) is 12.0 Å². The molecule has 0 fully saturated rings. The molecule has 1 unspecified atom stereocenters. The lowest BCUT2D eigenvalue weighted by molar-refractivity contribution is 0.219. The summed E-state index contributed by atoms with van der Waals surface area (Å²) in [6.45, 7) is 2.09. The van der Waals surface area contributed by atoms with Crippen LogP contribution in [-0.4, -0.2) is 26.7 Å². The van der Waals surface area contributed by atoms with E-state index in [0.717, 1.165) is 25.5 Å². The maximum atomic E-state index is 10.8. The Hall–Kier alpha value is 0.200. The Labute approximate surface area is 85.5 Å². The van der Waals surface area contributed by atoms with Crippen LogP contribution in [0, 0.1) is 0 Å². The van der Waals surface area contributed by atoms with Crippen molar-refractivity contribution >= 4 is 21.7 Å². The second-order valence-electron chi connectivity index (χ2n) is 3.07. The summed E-state index contributed by atoms with van der Waals surface area (Å²) in [6, 6.07) is 0. The molecule has 0 amide bonds. The van der Waals surface area contributed by atoms with Crippen molar-refractivity contribution in [2.24, 2.45) is 0 Å². The van der Waals surface area contributed by atoms with Gasteiger partial charge in [-0.05, 0) is 6.42 Å². The predicted octanol–water partition coefficient (Wildman–Crippen LogP) is 2.15. The largest absolute Gasteiger partial charge is 0.266 e. The van der Waals surface area contributed by atoms with Crippen LogP contribution in [0.15, 0.2) is 0 Å². The van der Waals surface area contributed by atoms with Crippen LogP contribution in [-0.2, 0) is 14.3 Å². The van der Waals surface area contributed by atoms with Crippen LogP contribution in [0.4, 0.5) is 0 Å². The molecule has 0 aliphatic rings. The molecule has 3 nitrogen and oxygen atoms in total. The van der Waals surface area contributed by atoms with Gasteiger partial charge in [-0.2, -0.15) is 8.42 Å². The molecule has 0 saturated heterocycles. The Morgan fingerprint density at radius 1 is 1.38 bits per heavy atom. The standard InChI is InChI=1S/C8H17ClO3S/c1-3-4-5-6-8(7-9)12-13(2,10)11/h8H,3-7H2,1-2H3. The molecule has 0 heterocycles. The summed E-state index contributed by atoms with van der Waals surface area (Å²) in [4.78, 5) is 0. The molecular weight excluding hydrogens is 212 g/mol. The molecule has 0 radical (unpaired) electrons. The Bertz CT molecular complexity index is 213. The first kappa shape index (κ1) is 13.2. The Balaban J connectivity index is 3.77. The number of unbranched alkanes of at least 4 members (excludes halogenated alkanes) is 2. The number of hydrogen-bond acceptors (Lipinski definition) is 3. The van der Waals surface area contributed by atoms with Gasteiger partial charge in [0.1, 0.15) is 0 Å². The molecule has 0 aromatic rings. The highest BCUT2D eigenvalue weighted by atomic mass is 35.5. The second kappa shape index (κ2) is 6.62. The maximum Gasteiger partial charge on any atom is 0.264 e. The molecule has 0 saturated carbocycles. The van der Waals surface area contributed by atoms with E-state index < -0.39 is 10.1 Å². The minimum atomic E-state index is -3.36. The first-order chi connectivity index (χ1) is 5.99. The van der Waals surface area contributed by atoms with E-state index in [2.05, 4.69) is 6.92 Å². The summed E-state index contributed by atoms with van der Waals surface area (Å²) in [7, 11) is -3.36. The molecule has 0 aliphatic carbocycles. The highest BCUT2D eigenvalue weighted by molar-refractivity contribution is 7.86. The molecule has 13 heavy (non-hydrogen) atoms. The van der Waals surface area contributed by atoms with Crippen molar-refractivity contribution < 1.29 is 12.6 Å². The average Bonchev–Trinajstić information content (AvgIpc) is 2.01. The average molecular weight is 229 g/mol. The first-order valence-electron chi connectivity index (χ1n) is 4.43. The summed E-state index contributed by atoms with van der Waals surface area (Å²) in [5.41, 5.74) is 0. The molecule has 0 rings (SSSR count). The summed E-state index contributed by atoms with van der Waals surface area (Å²) in [6.07, 6.45) is 4.55. The van der Waals surface area contributed by atoms with Crippen LogP contribution in [0.2, 0.25) is 0 Å². The van der Waals surface area contributed by atoms with Gasteiger partial charge in [0.2, 0.25) is 0 Å².